The first-order valence-electron chi connectivity index (χ1n) is 6.79. The van der Waals surface area contributed by atoms with Gasteiger partial charge in [-0.3, -0.25) is 4.79 Å². The number of nitrogens with one attached hydrogen (secondary N) is 2. The van der Waals surface area contributed by atoms with Gasteiger partial charge in [0, 0.05) is 26.2 Å². The second kappa shape index (κ2) is 6.47. The molecule has 19 heavy (non-hydrogen) atoms. The van der Waals surface area contributed by atoms with Crippen LogP contribution >= 0.6 is 0 Å². The fourth-order valence-electron chi connectivity index (χ4n) is 2.43. The molecular formula is C13H21N5O. The molecule has 6 heteroatoms. The van der Waals surface area contributed by atoms with Gasteiger partial charge in [0.1, 0.15) is 0 Å². The standard InChI is InChI=1S/C13H21N5O/c1-3-18(10-5-4-8-15-9-10)12-7-6-11(16-17-12)13(19)14-2/h6-7,10,15H,3-5,8-9H2,1-2H3,(H,14,19). The quantitative estimate of drug-likeness (QED) is 0.823. The van der Waals surface area contributed by atoms with Crippen LogP contribution in [-0.2, 0) is 0 Å². The normalized spacial score (nSPS) is 18.9. The Kier molecular flexibility index (Phi) is 4.68. The van der Waals surface area contributed by atoms with Crippen molar-refractivity contribution in [2.24, 2.45) is 0 Å². The highest BCUT2D eigenvalue weighted by atomic mass is 16.1. The monoisotopic (exact) mass is 263 g/mol. The molecule has 2 rings (SSSR count). The number of carbonyl (C=O) groups is 1. The third kappa shape index (κ3) is 3.20. The number of aromatic nitrogens is 2. The van der Waals surface area contributed by atoms with Gasteiger partial charge in [0.15, 0.2) is 11.5 Å². The molecule has 1 saturated heterocycles. The smallest absolute Gasteiger partial charge is 0.271 e. The van der Waals surface area contributed by atoms with Crippen molar-refractivity contribution in [1.82, 2.24) is 20.8 Å². The lowest BCUT2D eigenvalue weighted by Gasteiger charge is -2.34. The summed E-state index contributed by atoms with van der Waals surface area (Å²) in [4.78, 5) is 13.7. The second-order valence-electron chi connectivity index (χ2n) is 4.64. The Bertz CT molecular complexity index is 414. The maximum absolute atomic E-state index is 11.4. The zero-order valence-corrected chi connectivity index (χ0v) is 11.5. The molecule has 0 bridgehead atoms. The van der Waals surface area contributed by atoms with E-state index < -0.39 is 0 Å². The number of hydrogen-bond donors (Lipinski definition) is 2. The summed E-state index contributed by atoms with van der Waals surface area (Å²) < 4.78 is 0. The molecule has 0 aromatic carbocycles. The van der Waals surface area contributed by atoms with Gasteiger partial charge in [-0.25, -0.2) is 0 Å². The van der Waals surface area contributed by atoms with E-state index in [1.54, 1.807) is 13.1 Å². The maximum Gasteiger partial charge on any atom is 0.271 e. The van der Waals surface area contributed by atoms with E-state index >= 15 is 0 Å². The Morgan fingerprint density at radius 2 is 2.37 bits per heavy atom. The van der Waals surface area contributed by atoms with E-state index in [1.165, 1.54) is 12.8 Å². The van der Waals surface area contributed by atoms with Crippen LogP contribution in [0.1, 0.15) is 30.3 Å². The molecule has 1 aliphatic rings. The Labute approximate surface area is 113 Å². The van der Waals surface area contributed by atoms with Crippen molar-refractivity contribution in [2.75, 3.05) is 31.6 Å². The van der Waals surface area contributed by atoms with Crippen LogP contribution in [0.25, 0.3) is 0 Å². The molecule has 1 atom stereocenters. The van der Waals surface area contributed by atoms with Gasteiger partial charge in [-0.1, -0.05) is 0 Å². The van der Waals surface area contributed by atoms with Gasteiger partial charge in [-0.2, -0.15) is 0 Å². The van der Waals surface area contributed by atoms with E-state index in [2.05, 4.69) is 32.7 Å². The molecule has 104 valence electrons. The summed E-state index contributed by atoms with van der Waals surface area (Å²) in [6.45, 7) is 5.07. The second-order valence-corrected chi connectivity index (χ2v) is 4.64. The fraction of sp³-hybridized carbons (Fsp3) is 0.615. The van der Waals surface area contributed by atoms with E-state index in [0.29, 0.717) is 11.7 Å². The van der Waals surface area contributed by atoms with Crippen LogP contribution in [0.2, 0.25) is 0 Å². The molecule has 1 aromatic rings. The first-order chi connectivity index (χ1) is 9.26. The highest BCUT2D eigenvalue weighted by molar-refractivity contribution is 5.91. The zero-order valence-electron chi connectivity index (χ0n) is 11.5. The number of amides is 1. The van der Waals surface area contributed by atoms with Gasteiger partial charge in [0.25, 0.3) is 5.91 Å². The molecule has 2 N–H and O–H groups in total. The molecule has 2 heterocycles. The molecule has 0 radical (unpaired) electrons. The topological polar surface area (TPSA) is 70.2 Å². The Morgan fingerprint density at radius 1 is 1.53 bits per heavy atom. The summed E-state index contributed by atoms with van der Waals surface area (Å²) in [6, 6.07) is 4.05. The van der Waals surface area contributed by atoms with Crippen molar-refractivity contribution >= 4 is 11.7 Å². The van der Waals surface area contributed by atoms with Crippen LogP contribution in [0.4, 0.5) is 5.82 Å². The van der Waals surface area contributed by atoms with Crippen LogP contribution < -0.4 is 15.5 Å². The lowest BCUT2D eigenvalue weighted by Crippen LogP contribution is -2.46. The zero-order chi connectivity index (χ0) is 13.7. The van der Waals surface area contributed by atoms with Crippen molar-refractivity contribution in [2.45, 2.75) is 25.8 Å². The Hall–Kier alpha value is -1.69. The largest absolute Gasteiger partial charge is 0.354 e. The molecule has 1 aliphatic heterocycles. The van der Waals surface area contributed by atoms with E-state index in [0.717, 1.165) is 25.5 Å². The minimum Gasteiger partial charge on any atom is -0.354 e. The van der Waals surface area contributed by atoms with Crippen LogP contribution in [0.5, 0.6) is 0 Å². The number of carbonyl (C=O) groups excluding carboxylic acids is 1. The summed E-state index contributed by atoms with van der Waals surface area (Å²) in [6.07, 6.45) is 2.35. The number of likely N-dealkylation sites (N-methyl/N-ethyl adjacent to an activating group) is 1. The number of anilines is 1. The van der Waals surface area contributed by atoms with Gasteiger partial charge >= 0.3 is 0 Å². The summed E-state index contributed by atoms with van der Waals surface area (Å²) in [7, 11) is 1.59. The minimum atomic E-state index is -0.207. The van der Waals surface area contributed by atoms with Gasteiger partial charge in [0.05, 0.1) is 0 Å². The summed E-state index contributed by atoms with van der Waals surface area (Å²) >= 11 is 0. The third-order valence-electron chi connectivity index (χ3n) is 3.46. The van der Waals surface area contributed by atoms with Crippen LogP contribution in [0, 0.1) is 0 Å². The van der Waals surface area contributed by atoms with Crippen molar-refractivity contribution in [3.63, 3.8) is 0 Å². The molecule has 1 fully saturated rings. The molecule has 1 aromatic heterocycles. The van der Waals surface area contributed by atoms with Crippen molar-refractivity contribution in [3.8, 4) is 0 Å². The van der Waals surface area contributed by atoms with Crippen LogP contribution in [-0.4, -0.2) is 48.8 Å². The minimum absolute atomic E-state index is 0.207. The van der Waals surface area contributed by atoms with Gasteiger partial charge in [-0.15, -0.1) is 10.2 Å². The van der Waals surface area contributed by atoms with Crippen molar-refractivity contribution in [3.05, 3.63) is 17.8 Å². The SMILES string of the molecule is CCN(c1ccc(C(=O)NC)nn1)C1CCCNC1. The first-order valence-corrected chi connectivity index (χ1v) is 6.79. The van der Waals surface area contributed by atoms with Crippen molar-refractivity contribution < 1.29 is 4.79 Å². The Balaban J connectivity index is 2.12. The lowest BCUT2D eigenvalue weighted by molar-refractivity contribution is 0.0957. The number of rotatable bonds is 4. The van der Waals surface area contributed by atoms with Gasteiger partial charge in [0.2, 0.25) is 0 Å². The number of hydrogen-bond acceptors (Lipinski definition) is 5. The molecule has 0 spiro atoms. The first kappa shape index (κ1) is 13.7. The Morgan fingerprint density at radius 3 is 2.89 bits per heavy atom. The van der Waals surface area contributed by atoms with E-state index in [1.807, 2.05) is 6.07 Å². The predicted octanol–water partition coefficient (Wildman–Crippen LogP) is 0.415. The maximum atomic E-state index is 11.4. The highest BCUT2D eigenvalue weighted by Crippen LogP contribution is 2.17. The average Bonchev–Trinajstić information content (AvgIpc) is 2.49. The summed E-state index contributed by atoms with van der Waals surface area (Å²) in [5.41, 5.74) is 0.351. The highest BCUT2D eigenvalue weighted by Gasteiger charge is 2.21. The third-order valence-corrected chi connectivity index (χ3v) is 3.46. The average molecular weight is 263 g/mol. The molecule has 1 unspecified atom stereocenters. The summed E-state index contributed by atoms with van der Waals surface area (Å²) in [5, 5.41) is 14.1. The van der Waals surface area contributed by atoms with Crippen LogP contribution in [0.15, 0.2) is 12.1 Å². The van der Waals surface area contributed by atoms with E-state index in [-0.39, 0.29) is 5.91 Å². The van der Waals surface area contributed by atoms with Gasteiger partial charge < -0.3 is 15.5 Å². The van der Waals surface area contributed by atoms with Gasteiger partial charge in [-0.05, 0) is 38.4 Å². The molecular weight excluding hydrogens is 242 g/mol. The summed E-state index contributed by atoms with van der Waals surface area (Å²) in [5.74, 6) is 0.630. The number of nitrogens with zero attached hydrogens (tertiary/aromatic N) is 3. The van der Waals surface area contributed by atoms with E-state index in [4.69, 9.17) is 0 Å². The predicted molar refractivity (Wildman–Crippen MR) is 74.3 cm³/mol. The molecule has 6 nitrogen and oxygen atoms in total. The molecule has 0 saturated carbocycles. The van der Waals surface area contributed by atoms with Crippen LogP contribution in [0.3, 0.4) is 0 Å². The van der Waals surface area contributed by atoms with E-state index in [9.17, 15) is 4.79 Å². The lowest BCUT2D eigenvalue weighted by atomic mass is 10.1. The molecule has 1 amide bonds. The van der Waals surface area contributed by atoms with Crippen molar-refractivity contribution in [1.29, 1.82) is 0 Å². The fourth-order valence-corrected chi connectivity index (χ4v) is 2.43. The molecule has 0 aliphatic carbocycles. The number of piperidine rings is 1.